The summed E-state index contributed by atoms with van der Waals surface area (Å²) in [5.41, 5.74) is 4.13. The summed E-state index contributed by atoms with van der Waals surface area (Å²) in [7, 11) is 0. The van der Waals surface area contributed by atoms with Crippen LogP contribution < -0.4 is 10.2 Å². The smallest absolute Gasteiger partial charge is 0.257 e. The zero-order valence-corrected chi connectivity index (χ0v) is 17.3. The molecule has 0 bridgehead atoms. The summed E-state index contributed by atoms with van der Waals surface area (Å²) in [6.07, 6.45) is 5.30. The molecule has 0 aliphatic carbocycles. The van der Waals surface area contributed by atoms with E-state index in [1.54, 1.807) is 6.07 Å². The van der Waals surface area contributed by atoms with E-state index < -0.39 is 0 Å². The summed E-state index contributed by atoms with van der Waals surface area (Å²) in [6.45, 7) is 5.82. The Balaban J connectivity index is 1.66. The van der Waals surface area contributed by atoms with Gasteiger partial charge in [-0.3, -0.25) is 9.59 Å². The lowest BCUT2D eigenvalue weighted by Gasteiger charge is -2.44. The molecule has 1 unspecified atom stereocenters. The number of nitrogens with one attached hydrogen (secondary N) is 1. The van der Waals surface area contributed by atoms with Crippen molar-refractivity contribution in [3.63, 3.8) is 0 Å². The van der Waals surface area contributed by atoms with Crippen molar-refractivity contribution >= 4 is 23.2 Å². The summed E-state index contributed by atoms with van der Waals surface area (Å²) in [5, 5.41) is 3.04. The van der Waals surface area contributed by atoms with E-state index in [9.17, 15) is 9.59 Å². The van der Waals surface area contributed by atoms with Crippen molar-refractivity contribution in [3.05, 3.63) is 59.2 Å². The van der Waals surface area contributed by atoms with E-state index in [0.717, 1.165) is 55.7 Å². The number of anilines is 2. The van der Waals surface area contributed by atoms with E-state index in [2.05, 4.69) is 24.1 Å². The second kappa shape index (κ2) is 8.27. The molecular weight excluding hydrogens is 362 g/mol. The summed E-state index contributed by atoms with van der Waals surface area (Å²) < 4.78 is 0. The SMILES string of the molecule is CCc1ccccc1NC(=O)c1ccc2c(c1)N(CC)C1CCCCCN1C2=O. The molecule has 29 heavy (non-hydrogen) atoms. The average Bonchev–Trinajstić information content (AvgIpc) is 3.00. The maximum atomic E-state index is 13.1. The van der Waals surface area contributed by atoms with Crippen LogP contribution in [0.15, 0.2) is 42.5 Å². The maximum absolute atomic E-state index is 13.1. The van der Waals surface area contributed by atoms with Gasteiger partial charge in [0.05, 0.1) is 11.3 Å². The molecule has 2 aliphatic rings. The predicted molar refractivity (Wildman–Crippen MR) is 117 cm³/mol. The standard InChI is InChI=1S/C24H29N3O2/c1-3-17-10-7-8-11-20(17)25-23(28)18-13-14-19-21(16-18)26(4-2)22-12-6-5-9-15-27(22)24(19)29/h7-8,10-11,13-14,16,22H,3-6,9,12,15H2,1-2H3,(H,25,28). The quantitative estimate of drug-likeness (QED) is 0.823. The Morgan fingerprint density at radius 1 is 1.10 bits per heavy atom. The minimum atomic E-state index is -0.138. The molecule has 2 aromatic rings. The molecule has 2 amide bonds. The number of fused-ring (bicyclic) bond motifs is 2. The zero-order valence-electron chi connectivity index (χ0n) is 17.3. The molecule has 1 N–H and O–H groups in total. The lowest BCUT2D eigenvalue weighted by Crippen LogP contribution is -2.55. The molecule has 152 valence electrons. The van der Waals surface area contributed by atoms with Crippen molar-refractivity contribution in [2.45, 2.75) is 52.1 Å². The van der Waals surface area contributed by atoms with Gasteiger partial charge in [0.1, 0.15) is 6.17 Å². The van der Waals surface area contributed by atoms with E-state index >= 15 is 0 Å². The van der Waals surface area contributed by atoms with Crippen LogP contribution in [0.2, 0.25) is 0 Å². The van der Waals surface area contributed by atoms with Gasteiger partial charge in [-0.05, 0) is 62.4 Å². The third-order valence-corrected chi connectivity index (χ3v) is 6.13. The fourth-order valence-electron chi connectivity index (χ4n) is 4.58. The normalized spacial score (nSPS) is 18.7. The monoisotopic (exact) mass is 391 g/mol. The number of nitrogens with zero attached hydrogens (tertiary/aromatic N) is 2. The Morgan fingerprint density at radius 3 is 2.72 bits per heavy atom. The van der Waals surface area contributed by atoms with E-state index in [-0.39, 0.29) is 18.0 Å². The van der Waals surface area contributed by atoms with Crippen molar-refractivity contribution in [1.82, 2.24) is 4.90 Å². The summed E-state index contributed by atoms with van der Waals surface area (Å²) >= 11 is 0. The van der Waals surface area contributed by atoms with Crippen LogP contribution in [0.1, 0.15) is 65.8 Å². The Kier molecular flexibility index (Phi) is 5.56. The Hall–Kier alpha value is -2.82. The molecule has 1 fully saturated rings. The highest BCUT2D eigenvalue weighted by atomic mass is 16.2. The molecule has 0 saturated carbocycles. The largest absolute Gasteiger partial charge is 0.351 e. The summed E-state index contributed by atoms with van der Waals surface area (Å²) in [6, 6.07) is 13.4. The number of hydrogen-bond acceptors (Lipinski definition) is 3. The van der Waals surface area contributed by atoms with Gasteiger partial charge in [0, 0.05) is 24.3 Å². The highest BCUT2D eigenvalue weighted by molar-refractivity contribution is 6.08. The van der Waals surface area contributed by atoms with Gasteiger partial charge in [0.25, 0.3) is 11.8 Å². The number of benzene rings is 2. The first-order chi connectivity index (χ1) is 14.1. The number of amides is 2. The number of aryl methyl sites for hydroxylation is 1. The highest BCUT2D eigenvalue weighted by Crippen LogP contribution is 2.35. The van der Waals surface area contributed by atoms with Crippen LogP contribution in [-0.2, 0) is 6.42 Å². The average molecular weight is 392 g/mol. The van der Waals surface area contributed by atoms with Gasteiger partial charge in [0.2, 0.25) is 0 Å². The molecule has 1 saturated heterocycles. The first-order valence-corrected chi connectivity index (χ1v) is 10.7. The van der Waals surface area contributed by atoms with Crippen LogP contribution in [0, 0.1) is 0 Å². The molecule has 2 heterocycles. The van der Waals surface area contributed by atoms with Crippen molar-refractivity contribution in [3.8, 4) is 0 Å². The van der Waals surface area contributed by atoms with Crippen LogP contribution in [0.3, 0.4) is 0 Å². The molecule has 0 aromatic heterocycles. The zero-order chi connectivity index (χ0) is 20.4. The third-order valence-electron chi connectivity index (χ3n) is 6.13. The first kappa shape index (κ1) is 19.5. The minimum absolute atomic E-state index is 0.0971. The van der Waals surface area contributed by atoms with Gasteiger partial charge < -0.3 is 15.1 Å². The Morgan fingerprint density at radius 2 is 1.93 bits per heavy atom. The lowest BCUT2D eigenvalue weighted by atomic mass is 10.0. The van der Waals surface area contributed by atoms with Crippen molar-refractivity contribution < 1.29 is 9.59 Å². The van der Waals surface area contributed by atoms with Gasteiger partial charge in [-0.25, -0.2) is 0 Å². The van der Waals surface area contributed by atoms with Crippen molar-refractivity contribution in [2.24, 2.45) is 0 Å². The van der Waals surface area contributed by atoms with Gasteiger partial charge in [-0.15, -0.1) is 0 Å². The lowest BCUT2D eigenvalue weighted by molar-refractivity contribution is 0.0656. The maximum Gasteiger partial charge on any atom is 0.257 e. The van der Waals surface area contributed by atoms with E-state index in [4.69, 9.17) is 0 Å². The van der Waals surface area contributed by atoms with Crippen LogP contribution in [0.5, 0.6) is 0 Å². The fourth-order valence-corrected chi connectivity index (χ4v) is 4.58. The molecule has 4 rings (SSSR count). The number of para-hydroxylation sites is 1. The second-order valence-corrected chi connectivity index (χ2v) is 7.81. The summed E-state index contributed by atoms with van der Waals surface area (Å²) in [4.78, 5) is 30.4. The van der Waals surface area contributed by atoms with Crippen molar-refractivity contribution in [1.29, 1.82) is 0 Å². The van der Waals surface area contributed by atoms with Crippen molar-refractivity contribution in [2.75, 3.05) is 23.3 Å². The Labute approximate surface area is 172 Å². The number of carbonyl (C=O) groups is 2. The van der Waals surface area contributed by atoms with Gasteiger partial charge in [0.15, 0.2) is 0 Å². The minimum Gasteiger partial charge on any atom is -0.351 e. The number of rotatable bonds is 4. The molecule has 5 heteroatoms. The van der Waals surface area contributed by atoms with E-state index in [0.29, 0.717) is 11.1 Å². The topological polar surface area (TPSA) is 52.7 Å². The molecule has 1 atom stereocenters. The number of hydrogen-bond donors (Lipinski definition) is 1. The van der Waals surface area contributed by atoms with E-state index in [1.165, 1.54) is 6.42 Å². The highest BCUT2D eigenvalue weighted by Gasteiger charge is 2.37. The number of carbonyl (C=O) groups excluding carboxylic acids is 2. The van der Waals surface area contributed by atoms with Gasteiger partial charge in [-0.1, -0.05) is 31.5 Å². The fraction of sp³-hybridized carbons (Fsp3) is 0.417. The third kappa shape index (κ3) is 3.61. The molecule has 2 aliphatic heterocycles. The van der Waals surface area contributed by atoms with Crippen LogP contribution in [-0.4, -0.2) is 36.0 Å². The van der Waals surface area contributed by atoms with Crippen LogP contribution in [0.4, 0.5) is 11.4 Å². The molecule has 0 radical (unpaired) electrons. The molecule has 5 nitrogen and oxygen atoms in total. The van der Waals surface area contributed by atoms with Gasteiger partial charge in [-0.2, -0.15) is 0 Å². The molecular formula is C24H29N3O2. The second-order valence-electron chi connectivity index (χ2n) is 7.81. The summed E-state index contributed by atoms with van der Waals surface area (Å²) in [5.74, 6) is -0.0413. The van der Waals surface area contributed by atoms with Crippen LogP contribution >= 0.6 is 0 Å². The molecule has 0 spiro atoms. The van der Waals surface area contributed by atoms with E-state index in [1.807, 2.05) is 41.3 Å². The first-order valence-electron chi connectivity index (χ1n) is 10.7. The predicted octanol–water partition coefficient (Wildman–Crippen LogP) is 4.68. The molecule has 2 aromatic carbocycles. The van der Waals surface area contributed by atoms with Crippen LogP contribution in [0.25, 0.3) is 0 Å². The van der Waals surface area contributed by atoms with Gasteiger partial charge >= 0.3 is 0 Å². The Bertz CT molecular complexity index is 924.